The second kappa shape index (κ2) is 3.09. The van der Waals surface area contributed by atoms with Crippen molar-refractivity contribution in [1.29, 1.82) is 0 Å². The first-order chi connectivity index (χ1) is 7.29. The van der Waals surface area contributed by atoms with Crippen molar-refractivity contribution in [3.63, 3.8) is 0 Å². The minimum Gasteiger partial charge on any atom is -0.481 e. The van der Waals surface area contributed by atoms with Crippen LogP contribution in [0.2, 0.25) is 0 Å². The average Bonchev–Trinajstić information content (AvgIpc) is 2.31. The van der Waals surface area contributed by atoms with Gasteiger partial charge in [0, 0.05) is 10.8 Å². The maximum absolute atomic E-state index is 11.5. The third kappa shape index (κ3) is 1.22. The highest BCUT2D eigenvalue weighted by molar-refractivity contribution is 5.77. The van der Waals surface area contributed by atoms with Crippen molar-refractivity contribution in [2.24, 2.45) is 5.92 Å². The van der Waals surface area contributed by atoms with Crippen LogP contribution in [0.3, 0.4) is 0 Å². The first kappa shape index (κ1) is 11.2. The summed E-state index contributed by atoms with van der Waals surface area (Å²) < 4.78 is 0. The quantitative estimate of drug-likeness (QED) is 0.786. The maximum Gasteiger partial charge on any atom is 0.308 e. The van der Waals surface area contributed by atoms with Crippen molar-refractivity contribution in [1.82, 2.24) is 0 Å². The highest BCUT2D eigenvalue weighted by Crippen LogP contribution is 2.53. The Hall–Kier alpha value is -1.31. The molecule has 0 saturated heterocycles. The fraction of sp³-hybridized carbons (Fsp3) is 0.500. The van der Waals surface area contributed by atoms with E-state index in [1.54, 1.807) is 0 Å². The number of carbonyl (C=O) groups is 1. The van der Waals surface area contributed by atoms with E-state index in [2.05, 4.69) is 12.1 Å². The first-order valence-electron chi connectivity index (χ1n) is 5.62. The van der Waals surface area contributed by atoms with Gasteiger partial charge in [-0.25, -0.2) is 0 Å². The number of carboxylic acid groups (broad SMARTS) is 1. The van der Waals surface area contributed by atoms with E-state index in [-0.39, 0.29) is 16.7 Å². The molecule has 1 aromatic rings. The van der Waals surface area contributed by atoms with Crippen LogP contribution < -0.4 is 0 Å². The summed E-state index contributed by atoms with van der Waals surface area (Å²) in [6.45, 7) is 8.11. The molecule has 1 N–H and O–H groups in total. The van der Waals surface area contributed by atoms with Gasteiger partial charge in [0.2, 0.25) is 0 Å². The third-order valence-electron chi connectivity index (χ3n) is 4.01. The Morgan fingerprint density at radius 2 is 1.44 bits per heavy atom. The lowest BCUT2D eigenvalue weighted by atomic mass is 9.70. The van der Waals surface area contributed by atoms with Gasteiger partial charge in [-0.2, -0.15) is 0 Å². The van der Waals surface area contributed by atoms with E-state index in [1.165, 1.54) is 11.1 Å². The molecule has 0 atom stereocenters. The third-order valence-corrected chi connectivity index (χ3v) is 4.01. The molecule has 0 amide bonds. The van der Waals surface area contributed by atoms with Crippen LogP contribution in [-0.2, 0) is 15.6 Å². The van der Waals surface area contributed by atoms with E-state index in [4.69, 9.17) is 0 Å². The number of rotatable bonds is 1. The lowest BCUT2D eigenvalue weighted by Gasteiger charge is -2.32. The van der Waals surface area contributed by atoms with E-state index in [1.807, 2.05) is 39.8 Å². The van der Waals surface area contributed by atoms with E-state index in [0.717, 1.165) is 0 Å². The van der Waals surface area contributed by atoms with Gasteiger partial charge in [0.1, 0.15) is 0 Å². The molecule has 16 heavy (non-hydrogen) atoms. The van der Waals surface area contributed by atoms with Crippen molar-refractivity contribution in [3.05, 3.63) is 35.4 Å². The Labute approximate surface area is 96.3 Å². The van der Waals surface area contributed by atoms with Gasteiger partial charge in [0.25, 0.3) is 0 Å². The smallest absolute Gasteiger partial charge is 0.308 e. The lowest BCUT2D eigenvalue weighted by molar-refractivity contribution is -0.145. The van der Waals surface area contributed by atoms with Gasteiger partial charge in [-0.05, 0) is 11.1 Å². The van der Waals surface area contributed by atoms with E-state index in [0.29, 0.717) is 0 Å². The summed E-state index contributed by atoms with van der Waals surface area (Å²) >= 11 is 0. The molecule has 0 aliphatic heterocycles. The molecule has 0 radical (unpaired) electrons. The van der Waals surface area contributed by atoms with E-state index >= 15 is 0 Å². The Kier molecular flexibility index (Phi) is 2.16. The second-order valence-electron chi connectivity index (χ2n) is 5.76. The zero-order chi connectivity index (χ0) is 12.1. The van der Waals surface area contributed by atoms with Gasteiger partial charge in [-0.15, -0.1) is 0 Å². The van der Waals surface area contributed by atoms with Crippen molar-refractivity contribution in [2.75, 3.05) is 0 Å². The van der Waals surface area contributed by atoms with Crippen LogP contribution in [0.4, 0.5) is 0 Å². The maximum atomic E-state index is 11.5. The topological polar surface area (TPSA) is 37.3 Å². The van der Waals surface area contributed by atoms with Gasteiger partial charge in [0.05, 0.1) is 5.92 Å². The van der Waals surface area contributed by atoms with Crippen LogP contribution in [0.1, 0.15) is 38.8 Å². The molecule has 0 unspecified atom stereocenters. The minimum absolute atomic E-state index is 0.300. The molecule has 0 bridgehead atoms. The van der Waals surface area contributed by atoms with Gasteiger partial charge in [-0.1, -0.05) is 52.0 Å². The number of carboxylic acids is 1. The first-order valence-corrected chi connectivity index (χ1v) is 5.62. The fourth-order valence-corrected chi connectivity index (χ4v) is 3.44. The van der Waals surface area contributed by atoms with E-state index < -0.39 is 5.97 Å². The zero-order valence-electron chi connectivity index (χ0n) is 10.2. The molecule has 86 valence electrons. The summed E-state index contributed by atoms with van der Waals surface area (Å²) in [5.74, 6) is -1.07. The number of aliphatic carboxylic acids is 1. The highest BCUT2D eigenvalue weighted by Gasteiger charge is 2.54. The van der Waals surface area contributed by atoms with Crippen molar-refractivity contribution >= 4 is 5.97 Å². The highest BCUT2D eigenvalue weighted by atomic mass is 16.4. The standard InChI is InChI=1S/C14H18O2/c1-13(2)9-7-5-6-8-10(9)14(3,4)11(13)12(15)16/h5-8,11H,1-4H3,(H,15,16). The number of hydrogen-bond acceptors (Lipinski definition) is 1. The lowest BCUT2D eigenvalue weighted by Crippen LogP contribution is -2.39. The summed E-state index contributed by atoms with van der Waals surface area (Å²) in [5, 5.41) is 9.46. The van der Waals surface area contributed by atoms with E-state index in [9.17, 15) is 9.90 Å². The molecule has 1 aliphatic carbocycles. The molecule has 1 aromatic carbocycles. The predicted molar refractivity (Wildman–Crippen MR) is 63.6 cm³/mol. The van der Waals surface area contributed by atoms with Crippen molar-refractivity contribution in [2.45, 2.75) is 38.5 Å². The molecular formula is C14H18O2. The molecule has 0 heterocycles. The van der Waals surface area contributed by atoms with Crippen LogP contribution in [0, 0.1) is 5.92 Å². The van der Waals surface area contributed by atoms with Crippen LogP contribution in [-0.4, -0.2) is 11.1 Å². The summed E-state index contributed by atoms with van der Waals surface area (Å²) in [6.07, 6.45) is 0. The number of benzene rings is 1. The number of fused-ring (bicyclic) bond motifs is 1. The molecule has 1 aliphatic rings. The zero-order valence-corrected chi connectivity index (χ0v) is 10.2. The van der Waals surface area contributed by atoms with Crippen molar-refractivity contribution < 1.29 is 9.90 Å². The van der Waals surface area contributed by atoms with Crippen LogP contribution in [0.25, 0.3) is 0 Å². The summed E-state index contributed by atoms with van der Waals surface area (Å²) in [7, 11) is 0. The molecule has 0 fully saturated rings. The summed E-state index contributed by atoms with van der Waals surface area (Å²) in [5.41, 5.74) is 1.75. The molecule has 2 nitrogen and oxygen atoms in total. The molecule has 0 spiro atoms. The normalized spacial score (nSPS) is 21.8. The van der Waals surface area contributed by atoms with Crippen molar-refractivity contribution in [3.8, 4) is 0 Å². The largest absolute Gasteiger partial charge is 0.481 e. The monoisotopic (exact) mass is 218 g/mol. The molecule has 2 heteroatoms. The number of hydrogen-bond donors (Lipinski definition) is 1. The fourth-order valence-electron chi connectivity index (χ4n) is 3.44. The predicted octanol–water partition coefficient (Wildman–Crippen LogP) is 2.96. The van der Waals surface area contributed by atoms with Crippen LogP contribution in [0.5, 0.6) is 0 Å². The summed E-state index contributed by atoms with van der Waals surface area (Å²) in [6, 6.07) is 8.09. The SMILES string of the molecule is CC1(C)c2ccccc2C(C)(C)C1C(=O)O. The molecule has 0 aromatic heterocycles. The molecular weight excluding hydrogens is 200 g/mol. The van der Waals surface area contributed by atoms with Crippen LogP contribution >= 0.6 is 0 Å². The van der Waals surface area contributed by atoms with Gasteiger partial charge < -0.3 is 5.11 Å². The van der Waals surface area contributed by atoms with Crippen LogP contribution in [0.15, 0.2) is 24.3 Å². The van der Waals surface area contributed by atoms with Gasteiger partial charge in [-0.3, -0.25) is 4.79 Å². The second-order valence-corrected chi connectivity index (χ2v) is 5.76. The molecule has 2 rings (SSSR count). The Morgan fingerprint density at radius 1 is 1.06 bits per heavy atom. The molecule has 0 saturated carbocycles. The Balaban J connectivity index is 2.70. The van der Waals surface area contributed by atoms with Gasteiger partial charge >= 0.3 is 5.97 Å². The minimum atomic E-state index is -0.703. The van der Waals surface area contributed by atoms with Gasteiger partial charge in [0.15, 0.2) is 0 Å². The summed E-state index contributed by atoms with van der Waals surface area (Å²) in [4.78, 5) is 11.5. The average molecular weight is 218 g/mol. The Bertz CT molecular complexity index is 409. The Morgan fingerprint density at radius 3 is 1.75 bits per heavy atom.